The summed E-state index contributed by atoms with van der Waals surface area (Å²) in [5, 5.41) is 9.04. The van der Waals surface area contributed by atoms with E-state index in [0.717, 1.165) is 56.8 Å². The lowest BCUT2D eigenvalue weighted by molar-refractivity contribution is -0.0500. The highest BCUT2D eigenvalue weighted by atomic mass is 19.3. The van der Waals surface area contributed by atoms with Gasteiger partial charge in [-0.3, -0.25) is 0 Å². The summed E-state index contributed by atoms with van der Waals surface area (Å²) in [6.07, 6.45) is 1.64. The molecule has 1 fully saturated rings. The van der Waals surface area contributed by atoms with Crippen LogP contribution in [0.1, 0.15) is 32.6 Å². The van der Waals surface area contributed by atoms with Crippen LogP contribution in [0, 0.1) is 11.3 Å². The van der Waals surface area contributed by atoms with Crippen molar-refractivity contribution in [1.29, 1.82) is 5.26 Å². The molecule has 2 aliphatic heterocycles. The first-order valence-corrected chi connectivity index (χ1v) is 10.7. The molecule has 4 rings (SSSR count). The minimum Gasteiger partial charge on any atom is -0.457 e. The summed E-state index contributed by atoms with van der Waals surface area (Å²) < 4.78 is 34.7. The molecular formula is C24H25F2N3O3. The number of nitrogens with zero attached hydrogens (tertiary/aromatic N) is 3. The average molecular weight is 441 g/mol. The van der Waals surface area contributed by atoms with E-state index < -0.39 is 6.61 Å². The van der Waals surface area contributed by atoms with E-state index >= 15 is 0 Å². The first kappa shape index (κ1) is 22.2. The molecule has 0 N–H and O–H groups in total. The first-order valence-electron chi connectivity index (χ1n) is 10.7. The number of alkyl halides is 2. The molecule has 2 aromatic carbocycles. The van der Waals surface area contributed by atoms with Gasteiger partial charge in [0.05, 0.1) is 11.1 Å². The third kappa shape index (κ3) is 5.42. The number of hydrogen-bond donors (Lipinski definition) is 0. The summed E-state index contributed by atoms with van der Waals surface area (Å²) in [7, 11) is 0. The van der Waals surface area contributed by atoms with Gasteiger partial charge in [-0.15, -0.1) is 0 Å². The van der Waals surface area contributed by atoms with Gasteiger partial charge in [0.15, 0.2) is 0 Å². The maximum absolute atomic E-state index is 12.6. The Balaban J connectivity index is 1.22. The van der Waals surface area contributed by atoms with Crippen molar-refractivity contribution in [3.8, 4) is 11.8 Å². The Morgan fingerprint density at radius 2 is 1.62 bits per heavy atom. The molecule has 0 spiro atoms. The van der Waals surface area contributed by atoms with Crippen LogP contribution in [0.2, 0.25) is 0 Å². The van der Waals surface area contributed by atoms with E-state index in [0.29, 0.717) is 18.6 Å². The van der Waals surface area contributed by atoms with Gasteiger partial charge in [-0.25, -0.2) is 4.79 Å². The summed E-state index contributed by atoms with van der Waals surface area (Å²) in [6.45, 7) is 3.05. The molecule has 8 heteroatoms. The summed E-state index contributed by atoms with van der Waals surface area (Å²) in [4.78, 5) is 16.4. The number of carbonyl (C=O) groups is 1. The van der Waals surface area contributed by atoms with Crippen LogP contribution in [0.4, 0.5) is 8.78 Å². The molecule has 0 aliphatic carbocycles. The number of esters is 1. The minimum atomic E-state index is -2.95. The van der Waals surface area contributed by atoms with Gasteiger partial charge in [-0.1, -0.05) is 18.2 Å². The molecule has 0 unspecified atom stereocenters. The van der Waals surface area contributed by atoms with Gasteiger partial charge in [-0.2, -0.15) is 14.0 Å². The molecule has 2 aromatic rings. The quantitative estimate of drug-likeness (QED) is 0.586. The Bertz CT molecular complexity index is 1010. The summed E-state index contributed by atoms with van der Waals surface area (Å²) in [5.74, 6) is -0.297. The van der Waals surface area contributed by atoms with Gasteiger partial charge in [0.2, 0.25) is 0 Å². The lowest BCUT2D eigenvalue weighted by Gasteiger charge is -2.34. The maximum Gasteiger partial charge on any atom is 0.387 e. The summed E-state index contributed by atoms with van der Waals surface area (Å²) in [6, 6.07) is 12.7. The number of halogens is 2. The zero-order valence-corrected chi connectivity index (χ0v) is 17.7. The van der Waals surface area contributed by atoms with Crippen LogP contribution in [0.5, 0.6) is 5.75 Å². The second-order valence-corrected chi connectivity index (χ2v) is 8.07. The van der Waals surface area contributed by atoms with Crippen LogP contribution >= 0.6 is 0 Å². The van der Waals surface area contributed by atoms with E-state index in [9.17, 15) is 13.6 Å². The Morgan fingerprint density at radius 1 is 1.00 bits per heavy atom. The number of fused-ring (bicyclic) bond motifs is 1. The van der Waals surface area contributed by atoms with E-state index in [1.807, 2.05) is 18.2 Å². The lowest BCUT2D eigenvalue weighted by atomic mass is 10.0. The maximum atomic E-state index is 12.6. The fourth-order valence-corrected chi connectivity index (χ4v) is 4.16. The Morgan fingerprint density at radius 3 is 2.25 bits per heavy atom. The van der Waals surface area contributed by atoms with Gasteiger partial charge in [-0.05, 0) is 42.2 Å². The van der Waals surface area contributed by atoms with E-state index in [1.54, 1.807) is 6.07 Å². The van der Waals surface area contributed by atoms with Gasteiger partial charge in [0, 0.05) is 44.8 Å². The standard InChI is InChI=1S/C24H25F2N3O3/c25-24(26)32-22-14-18(1-3-19(22)15-27)6-8-29-11-9-28(10-12-29)7-5-17-2-4-21-20(13-17)16-31-23(21)30/h1-4,13-14,24H,5-12,16H2. The summed E-state index contributed by atoms with van der Waals surface area (Å²) in [5.41, 5.74) is 3.86. The number of cyclic esters (lactones) is 1. The third-order valence-corrected chi connectivity index (χ3v) is 6.03. The van der Waals surface area contributed by atoms with E-state index in [4.69, 9.17) is 10.00 Å². The third-order valence-electron chi connectivity index (χ3n) is 6.03. The molecule has 1 saturated heterocycles. The smallest absolute Gasteiger partial charge is 0.387 e. The molecule has 0 amide bonds. The molecule has 2 heterocycles. The van der Waals surface area contributed by atoms with Crippen LogP contribution < -0.4 is 4.74 Å². The fourth-order valence-electron chi connectivity index (χ4n) is 4.16. The largest absolute Gasteiger partial charge is 0.457 e. The minimum absolute atomic E-state index is 0.0627. The van der Waals surface area contributed by atoms with Crippen molar-refractivity contribution < 1.29 is 23.0 Å². The lowest BCUT2D eigenvalue weighted by Crippen LogP contribution is -2.47. The number of ether oxygens (including phenoxy) is 2. The topological polar surface area (TPSA) is 65.8 Å². The summed E-state index contributed by atoms with van der Waals surface area (Å²) >= 11 is 0. The number of rotatable bonds is 8. The normalized spacial score (nSPS) is 16.6. The predicted molar refractivity (Wildman–Crippen MR) is 114 cm³/mol. The monoisotopic (exact) mass is 441 g/mol. The average Bonchev–Trinajstić information content (AvgIpc) is 3.17. The first-order chi connectivity index (χ1) is 15.5. The predicted octanol–water partition coefficient (Wildman–Crippen LogP) is 3.23. The molecule has 0 aromatic heterocycles. The van der Waals surface area contributed by atoms with E-state index in [2.05, 4.69) is 20.6 Å². The van der Waals surface area contributed by atoms with Crippen molar-refractivity contribution in [2.24, 2.45) is 0 Å². The molecule has 6 nitrogen and oxygen atoms in total. The number of carbonyl (C=O) groups excluding carboxylic acids is 1. The van der Waals surface area contributed by atoms with Crippen LogP contribution in [-0.2, 0) is 24.2 Å². The number of benzene rings is 2. The van der Waals surface area contributed by atoms with E-state index in [-0.39, 0.29) is 17.3 Å². The number of nitriles is 1. The van der Waals surface area contributed by atoms with Gasteiger partial charge < -0.3 is 19.3 Å². The molecular weight excluding hydrogens is 416 g/mol. The van der Waals surface area contributed by atoms with Crippen molar-refractivity contribution in [3.63, 3.8) is 0 Å². The number of piperazine rings is 1. The van der Waals surface area contributed by atoms with Gasteiger partial charge in [0.25, 0.3) is 0 Å². The zero-order valence-electron chi connectivity index (χ0n) is 17.7. The van der Waals surface area contributed by atoms with Crippen molar-refractivity contribution >= 4 is 5.97 Å². The van der Waals surface area contributed by atoms with Crippen molar-refractivity contribution in [2.75, 3.05) is 39.3 Å². The van der Waals surface area contributed by atoms with Gasteiger partial charge >= 0.3 is 12.6 Å². The molecule has 0 atom stereocenters. The molecule has 0 saturated carbocycles. The Labute approximate surface area is 185 Å². The van der Waals surface area contributed by atoms with Crippen LogP contribution in [0.15, 0.2) is 36.4 Å². The van der Waals surface area contributed by atoms with Crippen molar-refractivity contribution in [3.05, 3.63) is 64.2 Å². The molecule has 2 aliphatic rings. The highest BCUT2D eigenvalue weighted by Gasteiger charge is 2.21. The van der Waals surface area contributed by atoms with Crippen LogP contribution in [0.25, 0.3) is 0 Å². The zero-order chi connectivity index (χ0) is 22.5. The SMILES string of the molecule is N#Cc1ccc(CCN2CCN(CCc3ccc4c(c3)COC4=O)CC2)cc1OC(F)F. The molecule has 32 heavy (non-hydrogen) atoms. The Kier molecular flexibility index (Phi) is 6.98. The molecule has 168 valence electrons. The van der Waals surface area contributed by atoms with Crippen LogP contribution in [-0.4, -0.2) is 61.6 Å². The fraction of sp³-hybridized carbons (Fsp3) is 0.417. The highest BCUT2D eigenvalue weighted by Crippen LogP contribution is 2.23. The van der Waals surface area contributed by atoms with E-state index in [1.165, 1.54) is 17.7 Å². The highest BCUT2D eigenvalue weighted by molar-refractivity contribution is 5.93. The van der Waals surface area contributed by atoms with Crippen LogP contribution in [0.3, 0.4) is 0 Å². The van der Waals surface area contributed by atoms with Crippen molar-refractivity contribution in [2.45, 2.75) is 26.1 Å². The molecule has 0 radical (unpaired) electrons. The van der Waals surface area contributed by atoms with Crippen molar-refractivity contribution in [1.82, 2.24) is 9.80 Å². The Hall–Kier alpha value is -3.02. The second kappa shape index (κ2) is 10.1. The number of hydrogen-bond acceptors (Lipinski definition) is 6. The van der Waals surface area contributed by atoms with Gasteiger partial charge in [0.1, 0.15) is 18.4 Å². The second-order valence-electron chi connectivity index (χ2n) is 8.07. The molecule has 0 bridgehead atoms.